The summed E-state index contributed by atoms with van der Waals surface area (Å²) in [6.45, 7) is 18.2. The first-order chi connectivity index (χ1) is 19.8. The van der Waals surface area contributed by atoms with Gasteiger partial charge in [-0.1, -0.05) is 65.0 Å². The molecule has 0 aliphatic carbocycles. The van der Waals surface area contributed by atoms with E-state index < -0.39 is 10.0 Å². The molecule has 6 bridgehead atoms. The molecule has 0 saturated carbocycles. The highest BCUT2D eigenvalue weighted by Gasteiger charge is 2.36. The molecule has 3 aromatic rings. The maximum absolute atomic E-state index is 13.7. The third-order valence-electron chi connectivity index (χ3n) is 8.54. The molecule has 0 amide bonds. The van der Waals surface area contributed by atoms with E-state index in [2.05, 4.69) is 60.3 Å². The predicted octanol–water partition coefficient (Wildman–Crippen LogP) is 7.21. The fourth-order valence-corrected chi connectivity index (χ4v) is 7.52. The maximum Gasteiger partial charge on any atom is 0.264 e. The molecule has 1 fully saturated rings. The van der Waals surface area contributed by atoms with E-state index in [1.54, 1.807) is 6.07 Å². The molecule has 5 rings (SSSR count). The molecule has 2 aliphatic rings. The summed E-state index contributed by atoms with van der Waals surface area (Å²) in [6.07, 6.45) is 2.83. The van der Waals surface area contributed by atoms with Crippen LogP contribution >= 0.6 is 0 Å². The number of rotatable bonds is 5. The summed E-state index contributed by atoms with van der Waals surface area (Å²) < 4.78 is 36.7. The number of aryl methyl sites for hydroxylation is 2. The van der Waals surface area contributed by atoms with Gasteiger partial charge in [-0.15, -0.1) is 0 Å². The van der Waals surface area contributed by atoms with Gasteiger partial charge in [0.15, 0.2) is 0 Å². The van der Waals surface area contributed by atoms with Gasteiger partial charge in [0.05, 0.1) is 10.6 Å². The Bertz CT molecular complexity index is 1510. The number of hydrogen-bond donors (Lipinski definition) is 1. The lowest BCUT2D eigenvalue weighted by molar-refractivity contribution is 0.125. The summed E-state index contributed by atoms with van der Waals surface area (Å²) in [4.78, 5) is 12.1. The topological polar surface area (TPSA) is 84.4 Å². The van der Waals surface area contributed by atoms with E-state index in [4.69, 9.17) is 4.74 Å². The zero-order valence-corrected chi connectivity index (χ0v) is 27.0. The molecule has 2 aliphatic heterocycles. The van der Waals surface area contributed by atoms with Crippen LogP contribution in [0.4, 0.5) is 5.95 Å². The number of aromatic nitrogens is 2. The summed E-state index contributed by atoms with van der Waals surface area (Å²) in [5, 5.41) is 0. The molecule has 42 heavy (non-hydrogen) atoms. The van der Waals surface area contributed by atoms with Gasteiger partial charge in [-0.25, -0.2) is 18.1 Å². The van der Waals surface area contributed by atoms with Crippen LogP contribution in [0, 0.1) is 31.1 Å². The van der Waals surface area contributed by atoms with Crippen molar-refractivity contribution in [1.29, 1.82) is 0 Å². The number of benzene rings is 2. The van der Waals surface area contributed by atoms with E-state index >= 15 is 0 Å². The molecule has 226 valence electrons. The molecule has 0 spiro atoms. The van der Waals surface area contributed by atoms with Crippen molar-refractivity contribution in [2.24, 2.45) is 17.3 Å². The lowest BCUT2D eigenvalue weighted by Gasteiger charge is -2.31. The molecule has 0 radical (unpaired) electrons. The Hall–Kier alpha value is -2.97. The van der Waals surface area contributed by atoms with Crippen molar-refractivity contribution in [2.75, 3.05) is 24.4 Å². The van der Waals surface area contributed by atoms with E-state index in [1.807, 2.05) is 50.2 Å². The standard InChI is InChI=1S/C34H46N4O3S/c1-22(2)16-26-20-38(15-14-34(5,6)7)21-27-18-29(26)25-12-9-13-28(17-25)42(39,40)37-33-35-30(19-31(36-33)41-27)32-23(3)10-8-11-24(32)4/h8-13,17,19,22,26-27,29H,14-16,18,20-21H2,1-7H3,(H,35,36,37)/t26-,27-,29?/m0/s1. The van der Waals surface area contributed by atoms with Crippen LogP contribution in [0.25, 0.3) is 11.3 Å². The fraction of sp³-hybridized carbons (Fsp3) is 0.529. The lowest BCUT2D eigenvalue weighted by atomic mass is 9.78. The molecule has 3 atom stereocenters. The first-order valence-corrected chi connectivity index (χ1v) is 16.7. The highest BCUT2D eigenvalue weighted by atomic mass is 32.2. The van der Waals surface area contributed by atoms with Gasteiger partial charge in [0, 0.05) is 24.7 Å². The second-order valence-corrected chi connectivity index (χ2v) is 15.6. The summed E-state index contributed by atoms with van der Waals surface area (Å²) in [5.41, 5.74) is 5.00. The quantitative estimate of drug-likeness (QED) is 0.338. The van der Waals surface area contributed by atoms with E-state index in [0.29, 0.717) is 23.4 Å². The largest absolute Gasteiger partial charge is 0.473 e. The zero-order chi connectivity index (χ0) is 30.2. The number of likely N-dealkylation sites (tertiary alicyclic amines) is 1. The van der Waals surface area contributed by atoms with E-state index in [0.717, 1.165) is 61.2 Å². The predicted molar refractivity (Wildman–Crippen MR) is 169 cm³/mol. The van der Waals surface area contributed by atoms with Gasteiger partial charge in [0.1, 0.15) is 6.10 Å². The molecule has 1 aromatic heterocycles. The van der Waals surface area contributed by atoms with Crippen LogP contribution in [0.2, 0.25) is 0 Å². The number of fused-ring (bicyclic) bond motifs is 7. The SMILES string of the molecule is Cc1cccc(C)c1-c1cc2nc(n1)NS(=O)(=O)c1cccc(c1)C1C[C@@H](CN(CCC(C)(C)C)C[C@@H]1CC(C)C)O2. The summed E-state index contributed by atoms with van der Waals surface area (Å²) in [6, 6.07) is 15.4. The van der Waals surface area contributed by atoms with Crippen molar-refractivity contribution in [1.82, 2.24) is 14.9 Å². The van der Waals surface area contributed by atoms with Crippen molar-refractivity contribution in [3.05, 3.63) is 65.2 Å². The van der Waals surface area contributed by atoms with Crippen LogP contribution in [0.5, 0.6) is 5.88 Å². The normalized spacial score (nSPS) is 22.3. The molecule has 1 saturated heterocycles. The molecule has 1 unspecified atom stereocenters. The van der Waals surface area contributed by atoms with Gasteiger partial charge >= 0.3 is 0 Å². The van der Waals surface area contributed by atoms with Crippen LogP contribution < -0.4 is 9.46 Å². The first-order valence-electron chi connectivity index (χ1n) is 15.2. The first kappa shape index (κ1) is 30.5. The minimum absolute atomic E-state index is 0.0172. The highest BCUT2D eigenvalue weighted by Crippen LogP contribution is 2.40. The van der Waals surface area contributed by atoms with Crippen LogP contribution in [-0.2, 0) is 10.0 Å². The molecule has 3 heterocycles. The molecular weight excluding hydrogens is 544 g/mol. The molecule has 7 nitrogen and oxygen atoms in total. The van der Waals surface area contributed by atoms with Gasteiger partial charge in [-0.2, -0.15) is 4.98 Å². The van der Waals surface area contributed by atoms with E-state index in [-0.39, 0.29) is 28.3 Å². The van der Waals surface area contributed by atoms with Crippen LogP contribution in [0.1, 0.15) is 76.5 Å². The Balaban J connectivity index is 1.65. The highest BCUT2D eigenvalue weighted by molar-refractivity contribution is 7.92. The minimum atomic E-state index is -3.92. The van der Waals surface area contributed by atoms with Crippen LogP contribution in [0.15, 0.2) is 53.4 Å². The monoisotopic (exact) mass is 590 g/mol. The Labute approximate surface area is 252 Å². The van der Waals surface area contributed by atoms with Crippen molar-refractivity contribution in [2.45, 2.75) is 84.6 Å². The molecule has 2 aromatic carbocycles. The van der Waals surface area contributed by atoms with Crippen LogP contribution in [0.3, 0.4) is 0 Å². The third kappa shape index (κ3) is 7.14. The maximum atomic E-state index is 13.7. The average Bonchev–Trinajstić information content (AvgIpc) is 3.05. The Morgan fingerprint density at radius 3 is 2.43 bits per heavy atom. The minimum Gasteiger partial charge on any atom is -0.473 e. The van der Waals surface area contributed by atoms with Crippen LogP contribution in [-0.4, -0.2) is 49.0 Å². The number of hydrogen-bond acceptors (Lipinski definition) is 6. The number of anilines is 1. The van der Waals surface area contributed by atoms with E-state index in [9.17, 15) is 8.42 Å². The Morgan fingerprint density at radius 2 is 1.74 bits per heavy atom. The Morgan fingerprint density at radius 1 is 1.02 bits per heavy atom. The van der Waals surface area contributed by atoms with Gasteiger partial charge in [-0.05, 0) is 91.6 Å². The number of nitrogens with one attached hydrogen (secondary N) is 1. The number of sulfonamides is 1. The van der Waals surface area contributed by atoms with Crippen molar-refractivity contribution in [3.8, 4) is 17.1 Å². The molecule has 8 heteroatoms. The van der Waals surface area contributed by atoms with Gasteiger partial charge in [-0.3, -0.25) is 4.90 Å². The van der Waals surface area contributed by atoms with Gasteiger partial charge in [0.25, 0.3) is 10.0 Å². The van der Waals surface area contributed by atoms with Crippen molar-refractivity contribution in [3.63, 3.8) is 0 Å². The Kier molecular flexibility index (Phi) is 8.68. The second kappa shape index (κ2) is 12.0. The zero-order valence-electron chi connectivity index (χ0n) is 26.1. The van der Waals surface area contributed by atoms with E-state index in [1.165, 1.54) is 0 Å². The van der Waals surface area contributed by atoms with Crippen molar-refractivity contribution >= 4 is 16.0 Å². The van der Waals surface area contributed by atoms with Crippen molar-refractivity contribution < 1.29 is 13.2 Å². The third-order valence-corrected chi connectivity index (χ3v) is 9.87. The summed E-state index contributed by atoms with van der Waals surface area (Å²) >= 11 is 0. The van der Waals surface area contributed by atoms with Gasteiger partial charge in [0.2, 0.25) is 11.8 Å². The summed E-state index contributed by atoms with van der Waals surface area (Å²) in [7, 11) is -3.92. The smallest absolute Gasteiger partial charge is 0.264 e. The lowest BCUT2D eigenvalue weighted by Crippen LogP contribution is -2.37. The number of ether oxygens (including phenoxy) is 1. The molecular formula is C34H46N4O3S. The second-order valence-electron chi connectivity index (χ2n) is 13.9. The number of nitrogens with zero attached hydrogens (tertiary/aromatic N) is 3. The summed E-state index contributed by atoms with van der Waals surface area (Å²) in [5.74, 6) is 1.47. The fourth-order valence-electron chi connectivity index (χ4n) is 6.53. The van der Waals surface area contributed by atoms with Gasteiger partial charge < -0.3 is 4.74 Å². The molecule has 1 N–H and O–H groups in total. The average molecular weight is 591 g/mol.